The molecule has 1 aromatic rings. The molecule has 2 aliphatic heterocycles. The number of amides is 2. The molecule has 11 nitrogen and oxygen atoms in total. The van der Waals surface area contributed by atoms with Crippen molar-refractivity contribution in [3.8, 4) is 0 Å². The van der Waals surface area contributed by atoms with E-state index in [1.165, 1.54) is 4.90 Å². The number of likely N-dealkylation sites (tertiary alicyclic amines) is 1. The van der Waals surface area contributed by atoms with Gasteiger partial charge in [0.25, 0.3) is 0 Å². The highest BCUT2D eigenvalue weighted by Crippen LogP contribution is 2.33. The topological polar surface area (TPSA) is 141 Å². The summed E-state index contributed by atoms with van der Waals surface area (Å²) in [5.74, 6) is -1.66. The molecule has 5 atom stereocenters. The van der Waals surface area contributed by atoms with Crippen LogP contribution in [0.5, 0.6) is 0 Å². The molecule has 2 heterocycles. The maximum atomic E-state index is 13.7. The minimum Gasteiger partial charge on any atom is -0.460 e. The number of nitrogens with zero attached hydrogens (tertiary/aromatic N) is 1. The molecule has 1 aliphatic carbocycles. The van der Waals surface area contributed by atoms with Crippen molar-refractivity contribution in [2.24, 2.45) is 0 Å². The quantitative estimate of drug-likeness (QED) is 0.297. The first-order valence-corrected chi connectivity index (χ1v) is 14.9. The molecule has 0 radical (unpaired) electrons. The highest BCUT2D eigenvalue weighted by Gasteiger charge is 2.45. The van der Waals surface area contributed by atoms with Crippen LogP contribution in [0.1, 0.15) is 63.2 Å². The second-order valence-electron chi connectivity index (χ2n) is 11.4. The van der Waals surface area contributed by atoms with Crippen molar-refractivity contribution in [2.45, 2.75) is 88.9 Å². The van der Waals surface area contributed by atoms with Crippen molar-refractivity contribution < 1.29 is 43.2 Å². The number of hydrogen-bond acceptors (Lipinski definition) is 9. The fourth-order valence-electron chi connectivity index (χ4n) is 5.19. The maximum absolute atomic E-state index is 13.7. The van der Waals surface area contributed by atoms with Crippen LogP contribution in [0.3, 0.4) is 0 Å². The zero-order valence-corrected chi connectivity index (χ0v) is 25.6. The highest BCUT2D eigenvalue weighted by molar-refractivity contribution is 14.1. The molecule has 2 fully saturated rings. The number of hydrogen-bond donors (Lipinski definition) is 2. The number of carbonyl (C=O) groups is 4. The third kappa shape index (κ3) is 8.27. The number of nitrogens with one attached hydrogen (secondary N) is 1. The van der Waals surface area contributed by atoms with Gasteiger partial charge in [0, 0.05) is 28.5 Å². The first-order valence-electron chi connectivity index (χ1n) is 13.8. The van der Waals surface area contributed by atoms with Gasteiger partial charge in [0.1, 0.15) is 36.7 Å². The molecule has 1 aromatic carbocycles. The summed E-state index contributed by atoms with van der Waals surface area (Å²) in [5, 5.41) is 12.6. The zero-order chi connectivity index (χ0) is 29.7. The Morgan fingerprint density at radius 3 is 2.71 bits per heavy atom. The summed E-state index contributed by atoms with van der Waals surface area (Å²) in [4.78, 5) is 53.4. The predicted octanol–water partition coefficient (Wildman–Crippen LogP) is 2.48. The average Bonchev–Trinajstić information content (AvgIpc) is 3.59. The van der Waals surface area contributed by atoms with Gasteiger partial charge in [-0.3, -0.25) is 14.4 Å². The number of halogens is 1. The molecular formula is C29H37IN2O9. The van der Waals surface area contributed by atoms with Crippen LogP contribution in [-0.2, 0) is 33.3 Å². The number of carbonyl (C=O) groups excluding carboxylic acids is 4. The molecule has 2 amide bonds. The van der Waals surface area contributed by atoms with Crippen LogP contribution >= 0.6 is 22.6 Å². The molecule has 0 bridgehead atoms. The summed E-state index contributed by atoms with van der Waals surface area (Å²) in [5.41, 5.74) is 0.164. The molecule has 3 aliphatic rings. The number of benzene rings is 1. The third-order valence-electron chi connectivity index (χ3n) is 7.09. The van der Waals surface area contributed by atoms with Gasteiger partial charge in [-0.25, -0.2) is 4.79 Å². The lowest BCUT2D eigenvalue weighted by molar-refractivity contribution is -0.155. The number of aliphatic hydroxyl groups is 1. The Morgan fingerprint density at radius 1 is 1.22 bits per heavy atom. The van der Waals surface area contributed by atoms with E-state index in [-0.39, 0.29) is 38.6 Å². The Kier molecular flexibility index (Phi) is 10.4. The molecule has 12 heteroatoms. The molecule has 41 heavy (non-hydrogen) atoms. The number of fused-ring (bicyclic) bond motifs is 1. The summed E-state index contributed by atoms with van der Waals surface area (Å²) in [6.45, 7) is 5.36. The van der Waals surface area contributed by atoms with Crippen LogP contribution < -0.4 is 5.32 Å². The molecule has 0 aromatic heterocycles. The minimum atomic E-state index is -0.738. The van der Waals surface area contributed by atoms with Gasteiger partial charge in [-0.1, -0.05) is 6.07 Å². The van der Waals surface area contributed by atoms with Gasteiger partial charge in [0.05, 0.1) is 18.2 Å². The Labute approximate surface area is 253 Å². The van der Waals surface area contributed by atoms with Gasteiger partial charge in [-0.2, -0.15) is 0 Å². The van der Waals surface area contributed by atoms with E-state index >= 15 is 0 Å². The van der Waals surface area contributed by atoms with Gasteiger partial charge in [-0.05, 0) is 86.9 Å². The normalized spacial score (nSPS) is 24.7. The van der Waals surface area contributed by atoms with Crippen LogP contribution in [0, 0.1) is 3.57 Å². The molecule has 4 rings (SSSR count). The lowest BCUT2D eigenvalue weighted by Gasteiger charge is -2.33. The largest absolute Gasteiger partial charge is 0.460 e. The fraction of sp³-hybridized carbons (Fsp3) is 0.586. The molecular weight excluding hydrogens is 647 g/mol. The van der Waals surface area contributed by atoms with E-state index in [0.29, 0.717) is 30.5 Å². The predicted molar refractivity (Wildman–Crippen MR) is 155 cm³/mol. The lowest BCUT2D eigenvalue weighted by Crippen LogP contribution is -2.51. The second-order valence-corrected chi connectivity index (χ2v) is 12.6. The van der Waals surface area contributed by atoms with E-state index in [0.717, 1.165) is 3.57 Å². The number of ether oxygens (including phenoxy) is 4. The van der Waals surface area contributed by atoms with Crippen LogP contribution in [0.4, 0.5) is 0 Å². The van der Waals surface area contributed by atoms with E-state index in [4.69, 9.17) is 18.9 Å². The number of aliphatic hydroxyl groups excluding tert-OH is 1. The van der Waals surface area contributed by atoms with Crippen molar-refractivity contribution in [1.82, 2.24) is 10.2 Å². The van der Waals surface area contributed by atoms with Crippen LogP contribution in [-0.4, -0.2) is 89.7 Å². The first-order chi connectivity index (χ1) is 19.4. The van der Waals surface area contributed by atoms with Gasteiger partial charge < -0.3 is 34.3 Å². The summed E-state index contributed by atoms with van der Waals surface area (Å²) in [7, 11) is 0. The van der Waals surface area contributed by atoms with E-state index in [9.17, 15) is 24.3 Å². The maximum Gasteiger partial charge on any atom is 0.338 e. The average molecular weight is 685 g/mol. The van der Waals surface area contributed by atoms with Crippen LogP contribution in [0.15, 0.2) is 35.9 Å². The summed E-state index contributed by atoms with van der Waals surface area (Å²) in [6.07, 6.45) is 1.33. The SMILES string of the molecule is CC(C)(C)OC(=O)CC[C@@H](CO)NC(=O)[C@H]1CCCN1C(=O)C1=C[C@H]2OCO[C@H]2[C@H](OC(=O)c2cccc(I)c2)C1. The first kappa shape index (κ1) is 31.4. The lowest BCUT2D eigenvalue weighted by atomic mass is 9.91. The van der Waals surface area contributed by atoms with Crippen molar-refractivity contribution in [2.75, 3.05) is 19.9 Å². The Bertz CT molecular complexity index is 1180. The van der Waals surface area contributed by atoms with Gasteiger partial charge in [0.15, 0.2) is 0 Å². The Balaban J connectivity index is 1.39. The monoisotopic (exact) mass is 684 g/mol. The standard InChI is InChI=1S/C29H37IN2O9/c1-29(2,3)41-24(34)10-9-20(15-33)31-26(35)21-8-5-11-32(21)27(36)18-13-22-25(39-16-38-22)23(14-18)40-28(37)17-6-4-7-19(30)12-17/h4,6-7,12-13,20-23,25,33H,5,8-11,14-16H2,1-3H3,(H,31,35)/t20-,21+,22+,23+,25+/m0/s1. The van der Waals surface area contributed by atoms with E-state index < -0.39 is 53.8 Å². The molecule has 224 valence electrons. The second kappa shape index (κ2) is 13.6. The van der Waals surface area contributed by atoms with E-state index in [1.54, 1.807) is 45.0 Å². The fourth-order valence-corrected chi connectivity index (χ4v) is 5.74. The van der Waals surface area contributed by atoms with Gasteiger partial charge >= 0.3 is 11.9 Å². The molecule has 0 unspecified atom stereocenters. The summed E-state index contributed by atoms with van der Waals surface area (Å²) in [6, 6.07) is 5.63. The molecule has 0 spiro atoms. The van der Waals surface area contributed by atoms with Crippen molar-refractivity contribution in [3.63, 3.8) is 0 Å². The van der Waals surface area contributed by atoms with Crippen molar-refractivity contribution >= 4 is 46.3 Å². The van der Waals surface area contributed by atoms with Gasteiger partial charge in [-0.15, -0.1) is 0 Å². The van der Waals surface area contributed by atoms with Gasteiger partial charge in [0.2, 0.25) is 11.8 Å². The van der Waals surface area contributed by atoms with Crippen LogP contribution in [0.2, 0.25) is 0 Å². The van der Waals surface area contributed by atoms with Crippen LogP contribution in [0.25, 0.3) is 0 Å². The smallest absolute Gasteiger partial charge is 0.338 e. The molecule has 2 N–H and O–H groups in total. The van der Waals surface area contributed by atoms with E-state index in [1.807, 2.05) is 6.07 Å². The summed E-state index contributed by atoms with van der Waals surface area (Å²) < 4.78 is 23.3. The minimum absolute atomic E-state index is 0.0190. The highest BCUT2D eigenvalue weighted by atomic mass is 127. The Hall–Kier alpha value is -2.55. The Morgan fingerprint density at radius 2 is 2.00 bits per heavy atom. The third-order valence-corrected chi connectivity index (χ3v) is 7.76. The summed E-state index contributed by atoms with van der Waals surface area (Å²) >= 11 is 2.12. The number of esters is 2. The molecule has 0 saturated carbocycles. The molecule has 2 saturated heterocycles. The zero-order valence-electron chi connectivity index (χ0n) is 23.5. The number of rotatable bonds is 9. The van der Waals surface area contributed by atoms with Crippen molar-refractivity contribution in [1.29, 1.82) is 0 Å². The van der Waals surface area contributed by atoms with E-state index in [2.05, 4.69) is 27.9 Å². The van der Waals surface area contributed by atoms with Crippen molar-refractivity contribution in [3.05, 3.63) is 45.0 Å².